The molecular formula is C8H12NO7S-. The van der Waals surface area contributed by atoms with Crippen LogP contribution in [0.3, 0.4) is 0 Å². The lowest BCUT2D eigenvalue weighted by Gasteiger charge is -2.27. The molecule has 9 heteroatoms. The first-order valence-corrected chi connectivity index (χ1v) is 6.66. The summed E-state index contributed by atoms with van der Waals surface area (Å²) in [5, 5.41) is 30.4. The molecule has 0 radical (unpaired) electrons. The Bertz CT molecular complexity index is 402. The number of carboxylic acid groups (broad SMARTS) is 2. The van der Waals surface area contributed by atoms with Gasteiger partial charge in [0.2, 0.25) is 0 Å². The Morgan fingerprint density at radius 1 is 1.18 bits per heavy atom. The molecule has 98 valence electrons. The van der Waals surface area contributed by atoms with E-state index < -0.39 is 58.5 Å². The second kappa shape index (κ2) is 4.98. The van der Waals surface area contributed by atoms with E-state index in [2.05, 4.69) is 0 Å². The summed E-state index contributed by atoms with van der Waals surface area (Å²) < 4.78 is 22.5. The molecule has 1 aliphatic heterocycles. The lowest BCUT2D eigenvalue weighted by Crippen LogP contribution is -3.19. The van der Waals surface area contributed by atoms with Crippen molar-refractivity contribution >= 4 is 21.8 Å². The molecule has 0 aromatic carbocycles. The minimum Gasteiger partial charge on any atom is -0.544 e. The van der Waals surface area contributed by atoms with Crippen LogP contribution in [0.2, 0.25) is 0 Å². The van der Waals surface area contributed by atoms with E-state index in [1.54, 1.807) is 0 Å². The van der Waals surface area contributed by atoms with E-state index in [4.69, 9.17) is 0 Å². The molecule has 1 rings (SSSR count). The fraction of sp³-hybridized carbons (Fsp3) is 0.750. The first-order chi connectivity index (χ1) is 7.71. The molecule has 0 aromatic heterocycles. The number of aliphatic hydroxyl groups is 1. The zero-order valence-corrected chi connectivity index (χ0v) is 9.60. The monoisotopic (exact) mass is 266 g/mol. The number of carbonyl (C=O) groups excluding carboxylic acids is 2. The predicted octanol–water partition coefficient (Wildman–Crippen LogP) is -6.47. The number of quaternary nitrogens is 1. The molecule has 1 fully saturated rings. The number of carboxylic acids is 2. The Hall–Kier alpha value is -1.19. The van der Waals surface area contributed by atoms with Crippen LogP contribution in [0.4, 0.5) is 0 Å². The van der Waals surface area contributed by atoms with E-state index in [9.17, 15) is 33.3 Å². The molecule has 0 aromatic rings. The zero-order valence-electron chi connectivity index (χ0n) is 8.79. The molecule has 0 bridgehead atoms. The third kappa shape index (κ3) is 3.95. The van der Waals surface area contributed by atoms with Crippen molar-refractivity contribution in [3.05, 3.63) is 0 Å². The maximum Gasteiger partial charge on any atom is 0.159 e. The van der Waals surface area contributed by atoms with Crippen molar-refractivity contribution in [2.45, 2.75) is 12.1 Å². The molecule has 17 heavy (non-hydrogen) atoms. The van der Waals surface area contributed by atoms with Crippen LogP contribution >= 0.6 is 0 Å². The topological polar surface area (TPSA) is 139 Å². The Kier molecular flexibility index (Phi) is 4.07. The van der Waals surface area contributed by atoms with Crippen molar-refractivity contribution in [3.63, 3.8) is 0 Å². The van der Waals surface area contributed by atoms with Crippen LogP contribution in [0, 0.1) is 0 Å². The van der Waals surface area contributed by atoms with Crippen molar-refractivity contribution < 1.29 is 38.2 Å². The molecule has 0 amide bonds. The van der Waals surface area contributed by atoms with E-state index in [1.165, 1.54) is 0 Å². The number of nitrogens with one attached hydrogen (secondary N) is 1. The van der Waals surface area contributed by atoms with E-state index >= 15 is 0 Å². The molecular weight excluding hydrogens is 254 g/mol. The van der Waals surface area contributed by atoms with Gasteiger partial charge in [0.15, 0.2) is 9.84 Å². The lowest BCUT2D eigenvalue weighted by molar-refractivity contribution is -0.914. The quantitative estimate of drug-likeness (QED) is 0.504. The first-order valence-electron chi connectivity index (χ1n) is 4.84. The Morgan fingerprint density at radius 3 is 1.94 bits per heavy atom. The average molecular weight is 266 g/mol. The maximum atomic E-state index is 11.2. The van der Waals surface area contributed by atoms with Crippen LogP contribution in [0.15, 0.2) is 0 Å². The van der Waals surface area contributed by atoms with E-state index in [0.29, 0.717) is 0 Å². The summed E-state index contributed by atoms with van der Waals surface area (Å²) in [7, 11) is -3.46. The summed E-state index contributed by atoms with van der Waals surface area (Å²) in [6, 6.07) is -0.976. The summed E-state index contributed by atoms with van der Waals surface area (Å²) in [6.07, 6.45) is -1.27. The summed E-state index contributed by atoms with van der Waals surface area (Å²) in [6.45, 7) is -1.38. The van der Waals surface area contributed by atoms with Crippen molar-refractivity contribution in [3.8, 4) is 0 Å². The van der Waals surface area contributed by atoms with Gasteiger partial charge in [0.25, 0.3) is 0 Å². The van der Waals surface area contributed by atoms with Gasteiger partial charge in [0.1, 0.15) is 31.0 Å². The van der Waals surface area contributed by atoms with Gasteiger partial charge in [-0.25, -0.2) is 8.42 Å². The van der Waals surface area contributed by atoms with Gasteiger partial charge in [-0.3, -0.25) is 0 Å². The van der Waals surface area contributed by atoms with Crippen molar-refractivity contribution in [2.75, 3.05) is 24.6 Å². The molecule has 2 atom stereocenters. The number of sulfone groups is 1. The van der Waals surface area contributed by atoms with Gasteiger partial charge in [-0.05, 0) is 0 Å². The minimum absolute atomic E-state index is 0.0847. The number of aliphatic carboxylic acids is 2. The Labute approximate surface area is 97.4 Å². The number of rotatable bonds is 5. The van der Waals surface area contributed by atoms with Crippen LogP contribution in [0.25, 0.3) is 0 Å². The zero-order chi connectivity index (χ0) is 13.2. The Morgan fingerprint density at radius 2 is 1.65 bits per heavy atom. The highest BCUT2D eigenvalue weighted by atomic mass is 32.2. The third-order valence-electron chi connectivity index (χ3n) is 2.59. The predicted molar refractivity (Wildman–Crippen MR) is 49.2 cm³/mol. The normalized spacial score (nSPS) is 27.2. The van der Waals surface area contributed by atoms with Crippen molar-refractivity contribution in [1.29, 1.82) is 0 Å². The standard InChI is InChI=1S/C8H13NO7S/c10-6-4-17(15,16)3-5(6)9(1-7(11)12)2-8(13)14/h5-6,10H,1-4H2,(H,11,12)(H,13,14)/p-1/t5-,6+/m0/s1. The van der Waals surface area contributed by atoms with Crippen LogP contribution in [0.5, 0.6) is 0 Å². The Balaban J connectivity index is 2.83. The smallest absolute Gasteiger partial charge is 0.159 e. The highest BCUT2D eigenvalue weighted by molar-refractivity contribution is 7.91. The summed E-state index contributed by atoms with van der Waals surface area (Å²) in [5.41, 5.74) is 0. The van der Waals surface area contributed by atoms with Crippen LogP contribution < -0.4 is 15.1 Å². The number of hydrogen-bond donors (Lipinski definition) is 2. The van der Waals surface area contributed by atoms with Gasteiger partial charge in [0, 0.05) is 0 Å². The fourth-order valence-electron chi connectivity index (χ4n) is 1.91. The van der Waals surface area contributed by atoms with Crippen molar-refractivity contribution in [2.24, 2.45) is 0 Å². The molecule has 0 aliphatic carbocycles. The summed E-state index contributed by atoms with van der Waals surface area (Å²) >= 11 is 0. The lowest BCUT2D eigenvalue weighted by atomic mass is 10.2. The molecule has 0 spiro atoms. The highest BCUT2D eigenvalue weighted by Gasteiger charge is 2.43. The third-order valence-corrected chi connectivity index (χ3v) is 4.31. The first kappa shape index (κ1) is 13.9. The average Bonchev–Trinajstić information content (AvgIpc) is 2.36. The molecule has 1 aliphatic rings. The highest BCUT2D eigenvalue weighted by Crippen LogP contribution is 2.09. The van der Waals surface area contributed by atoms with Crippen LogP contribution in [-0.2, 0) is 19.4 Å². The van der Waals surface area contributed by atoms with Gasteiger partial charge < -0.3 is 29.8 Å². The molecule has 1 saturated heterocycles. The largest absolute Gasteiger partial charge is 0.544 e. The van der Waals surface area contributed by atoms with Gasteiger partial charge >= 0.3 is 0 Å². The molecule has 1 heterocycles. The number of aliphatic hydroxyl groups excluding tert-OH is 1. The SMILES string of the molecule is O=C([O-])C[NH+](CC(=O)[O-])[C@H]1CS(=O)(=O)C[C@H]1O. The molecule has 8 nitrogen and oxygen atoms in total. The van der Waals surface area contributed by atoms with Crippen molar-refractivity contribution in [1.82, 2.24) is 0 Å². The second-order valence-electron chi connectivity index (χ2n) is 4.01. The molecule has 0 unspecified atom stereocenters. The number of hydrogen-bond acceptors (Lipinski definition) is 7. The van der Waals surface area contributed by atoms with Gasteiger partial charge in [-0.2, -0.15) is 0 Å². The maximum absolute atomic E-state index is 11.2. The van der Waals surface area contributed by atoms with E-state index in [1.807, 2.05) is 0 Å². The van der Waals surface area contributed by atoms with E-state index in [-0.39, 0.29) is 4.90 Å². The van der Waals surface area contributed by atoms with Gasteiger partial charge in [0.05, 0.1) is 17.7 Å². The minimum atomic E-state index is -3.46. The van der Waals surface area contributed by atoms with E-state index in [0.717, 1.165) is 0 Å². The van der Waals surface area contributed by atoms with Crippen LogP contribution in [0.1, 0.15) is 0 Å². The second-order valence-corrected chi connectivity index (χ2v) is 6.16. The fourth-order valence-corrected chi connectivity index (χ4v) is 3.81. The summed E-state index contributed by atoms with van der Waals surface area (Å²) in [5.74, 6) is -3.96. The molecule has 0 saturated carbocycles. The van der Waals surface area contributed by atoms with Gasteiger partial charge in [-0.1, -0.05) is 0 Å². The van der Waals surface area contributed by atoms with Gasteiger partial charge in [-0.15, -0.1) is 0 Å². The number of carbonyl (C=O) groups is 2. The van der Waals surface area contributed by atoms with Crippen LogP contribution in [-0.4, -0.2) is 62.2 Å². The molecule has 2 N–H and O–H groups in total. The summed E-state index contributed by atoms with van der Waals surface area (Å²) in [4.78, 5) is 20.8.